The van der Waals surface area contributed by atoms with Crippen molar-refractivity contribution in [2.24, 2.45) is 5.73 Å². The van der Waals surface area contributed by atoms with Gasteiger partial charge in [-0.3, -0.25) is 5.41 Å². The largest absolute Gasteiger partial charge is 0.359 e. The van der Waals surface area contributed by atoms with Crippen molar-refractivity contribution in [3.05, 3.63) is 41.4 Å². The Kier molecular flexibility index (Phi) is 3.70. The summed E-state index contributed by atoms with van der Waals surface area (Å²) in [6.07, 6.45) is 2.17. The Labute approximate surface area is 122 Å². The van der Waals surface area contributed by atoms with Crippen molar-refractivity contribution in [3.63, 3.8) is 0 Å². The summed E-state index contributed by atoms with van der Waals surface area (Å²) in [6.45, 7) is 1.96. The molecule has 1 aromatic carbocycles. The van der Waals surface area contributed by atoms with Crippen LogP contribution in [0.3, 0.4) is 0 Å². The second kappa shape index (κ2) is 5.65. The van der Waals surface area contributed by atoms with E-state index in [1.807, 2.05) is 4.90 Å². The standard InChI is InChI=1S/C15H17FN4O/c16-13-7-10(15(18)20-5-1-2-6-20)3-4-12(13)14-8-11(9-17)21-19-14/h3-4,7-8,18H,1-2,5-6,9,17H2. The van der Waals surface area contributed by atoms with Crippen molar-refractivity contribution < 1.29 is 8.91 Å². The minimum Gasteiger partial charge on any atom is -0.359 e. The van der Waals surface area contributed by atoms with E-state index in [1.54, 1.807) is 18.2 Å². The normalized spacial score (nSPS) is 14.7. The molecular weight excluding hydrogens is 271 g/mol. The highest BCUT2D eigenvalue weighted by atomic mass is 19.1. The Hall–Kier alpha value is -2.21. The molecule has 1 aromatic heterocycles. The summed E-state index contributed by atoms with van der Waals surface area (Å²) in [5.74, 6) is 0.479. The van der Waals surface area contributed by atoms with Crippen molar-refractivity contribution in [2.75, 3.05) is 13.1 Å². The third-order valence-electron chi connectivity index (χ3n) is 3.70. The van der Waals surface area contributed by atoms with Gasteiger partial charge in [-0.2, -0.15) is 0 Å². The van der Waals surface area contributed by atoms with Gasteiger partial charge in [0.1, 0.15) is 17.3 Å². The molecule has 5 nitrogen and oxygen atoms in total. The zero-order chi connectivity index (χ0) is 14.8. The van der Waals surface area contributed by atoms with Gasteiger partial charge < -0.3 is 15.2 Å². The number of hydrogen-bond donors (Lipinski definition) is 2. The number of hydrogen-bond acceptors (Lipinski definition) is 4. The number of halogens is 1. The molecule has 0 bridgehead atoms. The van der Waals surface area contributed by atoms with E-state index >= 15 is 0 Å². The van der Waals surface area contributed by atoms with E-state index < -0.39 is 5.82 Å². The van der Waals surface area contributed by atoms with Crippen LogP contribution >= 0.6 is 0 Å². The lowest BCUT2D eigenvalue weighted by Gasteiger charge is -2.18. The lowest BCUT2D eigenvalue weighted by molar-refractivity contribution is 0.386. The molecule has 2 heterocycles. The first-order valence-electron chi connectivity index (χ1n) is 6.98. The van der Waals surface area contributed by atoms with Crippen LogP contribution in [0.25, 0.3) is 11.3 Å². The molecule has 6 heteroatoms. The molecule has 110 valence electrons. The predicted molar refractivity (Wildman–Crippen MR) is 77.4 cm³/mol. The highest BCUT2D eigenvalue weighted by Crippen LogP contribution is 2.24. The van der Waals surface area contributed by atoms with Gasteiger partial charge in [-0.25, -0.2) is 4.39 Å². The molecule has 1 aliphatic heterocycles. The van der Waals surface area contributed by atoms with Crippen LogP contribution in [0.2, 0.25) is 0 Å². The summed E-state index contributed by atoms with van der Waals surface area (Å²) < 4.78 is 19.3. The van der Waals surface area contributed by atoms with Gasteiger partial charge in [0.05, 0.1) is 6.54 Å². The van der Waals surface area contributed by atoms with Gasteiger partial charge in [-0.15, -0.1) is 0 Å². The van der Waals surface area contributed by atoms with E-state index in [9.17, 15) is 4.39 Å². The lowest BCUT2D eigenvalue weighted by Crippen LogP contribution is -2.27. The highest BCUT2D eigenvalue weighted by molar-refractivity contribution is 5.97. The van der Waals surface area contributed by atoms with Gasteiger partial charge in [-0.1, -0.05) is 11.2 Å². The van der Waals surface area contributed by atoms with Crippen molar-refractivity contribution in [3.8, 4) is 11.3 Å². The molecule has 21 heavy (non-hydrogen) atoms. The third-order valence-corrected chi connectivity index (χ3v) is 3.70. The molecule has 3 N–H and O–H groups in total. The number of nitrogens with one attached hydrogen (secondary N) is 1. The molecule has 2 aromatic rings. The highest BCUT2D eigenvalue weighted by Gasteiger charge is 2.18. The van der Waals surface area contributed by atoms with E-state index in [4.69, 9.17) is 15.7 Å². The minimum absolute atomic E-state index is 0.228. The van der Waals surface area contributed by atoms with Crippen LogP contribution in [0.15, 0.2) is 28.8 Å². The van der Waals surface area contributed by atoms with Crippen LogP contribution in [0.4, 0.5) is 4.39 Å². The number of nitrogens with zero attached hydrogens (tertiary/aromatic N) is 2. The fraction of sp³-hybridized carbons (Fsp3) is 0.333. The van der Waals surface area contributed by atoms with Gasteiger partial charge in [-0.05, 0) is 25.0 Å². The zero-order valence-electron chi connectivity index (χ0n) is 11.6. The first-order valence-corrected chi connectivity index (χ1v) is 6.98. The summed E-state index contributed by atoms with van der Waals surface area (Å²) in [6, 6.07) is 6.39. The van der Waals surface area contributed by atoms with E-state index in [0.717, 1.165) is 25.9 Å². The third kappa shape index (κ3) is 2.67. The number of benzene rings is 1. The molecule has 0 atom stereocenters. The number of likely N-dealkylation sites (tertiary alicyclic amines) is 1. The molecule has 0 saturated carbocycles. The Balaban J connectivity index is 1.87. The first-order chi connectivity index (χ1) is 10.2. The maximum absolute atomic E-state index is 14.3. The number of amidine groups is 1. The van der Waals surface area contributed by atoms with Crippen molar-refractivity contribution in [2.45, 2.75) is 19.4 Å². The molecule has 3 rings (SSSR count). The fourth-order valence-electron chi connectivity index (χ4n) is 2.53. The van der Waals surface area contributed by atoms with Crippen LogP contribution in [-0.2, 0) is 6.54 Å². The molecular formula is C15H17FN4O. The molecule has 1 saturated heterocycles. The molecule has 0 amide bonds. The molecule has 1 aliphatic rings. The second-order valence-corrected chi connectivity index (χ2v) is 5.12. The van der Waals surface area contributed by atoms with Crippen molar-refractivity contribution >= 4 is 5.84 Å². The first kappa shape index (κ1) is 13.8. The molecule has 0 unspecified atom stereocenters. The van der Waals surface area contributed by atoms with E-state index in [1.165, 1.54) is 6.07 Å². The summed E-state index contributed by atoms with van der Waals surface area (Å²) >= 11 is 0. The zero-order valence-corrected chi connectivity index (χ0v) is 11.6. The smallest absolute Gasteiger partial charge is 0.150 e. The van der Waals surface area contributed by atoms with E-state index in [0.29, 0.717) is 28.4 Å². The fourth-order valence-corrected chi connectivity index (χ4v) is 2.53. The maximum Gasteiger partial charge on any atom is 0.150 e. The monoisotopic (exact) mass is 288 g/mol. The SMILES string of the molecule is N=C(c1ccc(-c2cc(CN)on2)c(F)c1)N1CCCC1. The summed E-state index contributed by atoms with van der Waals surface area (Å²) in [7, 11) is 0. The van der Waals surface area contributed by atoms with Crippen molar-refractivity contribution in [1.82, 2.24) is 10.1 Å². The molecule has 0 aliphatic carbocycles. The Morgan fingerprint density at radius 2 is 2.10 bits per heavy atom. The summed E-state index contributed by atoms with van der Waals surface area (Å²) in [5.41, 5.74) is 6.82. The average Bonchev–Trinajstić information content (AvgIpc) is 3.17. The predicted octanol–water partition coefficient (Wildman–Crippen LogP) is 2.36. The Morgan fingerprint density at radius 3 is 2.71 bits per heavy atom. The van der Waals surface area contributed by atoms with Crippen molar-refractivity contribution in [1.29, 1.82) is 5.41 Å². The van der Waals surface area contributed by atoms with Crippen LogP contribution in [0.5, 0.6) is 0 Å². The van der Waals surface area contributed by atoms with Gasteiger partial charge in [0.2, 0.25) is 0 Å². The topological polar surface area (TPSA) is 79.1 Å². The average molecular weight is 288 g/mol. The van der Waals surface area contributed by atoms with Gasteiger partial charge in [0, 0.05) is 30.3 Å². The van der Waals surface area contributed by atoms with Gasteiger partial charge >= 0.3 is 0 Å². The Bertz CT molecular complexity index is 661. The Morgan fingerprint density at radius 1 is 1.33 bits per heavy atom. The lowest BCUT2D eigenvalue weighted by atomic mass is 10.1. The van der Waals surface area contributed by atoms with Gasteiger partial charge in [0.25, 0.3) is 0 Å². The number of rotatable bonds is 3. The number of nitrogens with two attached hydrogens (primary N) is 1. The second-order valence-electron chi connectivity index (χ2n) is 5.12. The molecule has 0 radical (unpaired) electrons. The van der Waals surface area contributed by atoms with E-state index in [2.05, 4.69) is 5.16 Å². The quantitative estimate of drug-likeness (QED) is 0.671. The maximum atomic E-state index is 14.3. The van der Waals surface area contributed by atoms with Crippen LogP contribution < -0.4 is 5.73 Å². The van der Waals surface area contributed by atoms with Crippen LogP contribution in [0.1, 0.15) is 24.2 Å². The van der Waals surface area contributed by atoms with E-state index in [-0.39, 0.29) is 6.54 Å². The number of aromatic nitrogens is 1. The minimum atomic E-state index is -0.409. The van der Waals surface area contributed by atoms with Crippen LogP contribution in [-0.4, -0.2) is 29.0 Å². The molecule has 0 spiro atoms. The van der Waals surface area contributed by atoms with Gasteiger partial charge in [0.15, 0.2) is 5.76 Å². The summed E-state index contributed by atoms with van der Waals surface area (Å²) in [5, 5.41) is 12.0. The summed E-state index contributed by atoms with van der Waals surface area (Å²) in [4.78, 5) is 1.97. The molecule has 1 fully saturated rings. The van der Waals surface area contributed by atoms with Crippen LogP contribution in [0, 0.1) is 11.2 Å².